The van der Waals surface area contributed by atoms with Crippen LogP contribution in [-0.4, -0.2) is 70.5 Å². The maximum Gasteiger partial charge on any atom is 0.191 e. The zero-order valence-electron chi connectivity index (χ0n) is 21.1. The van der Waals surface area contributed by atoms with Gasteiger partial charge in [-0.25, -0.2) is 0 Å². The van der Waals surface area contributed by atoms with Gasteiger partial charge in [-0.15, -0.1) is 24.0 Å². The SMILES string of the molecule is CN=C(NCC1CCCOC1C(C)(C)C)NC1CCN(Cc2cc(OC)cc(OC)c2)C1.I. The van der Waals surface area contributed by atoms with Gasteiger partial charge in [0.05, 0.1) is 20.3 Å². The Bertz CT molecular complexity index is 746. The fourth-order valence-corrected chi connectivity index (χ4v) is 4.94. The molecule has 2 fully saturated rings. The molecule has 0 radical (unpaired) electrons. The molecule has 33 heavy (non-hydrogen) atoms. The number of halogens is 1. The second-order valence-electron chi connectivity index (χ2n) is 10.1. The van der Waals surface area contributed by atoms with Crippen molar-refractivity contribution in [2.75, 3.05) is 47.5 Å². The van der Waals surface area contributed by atoms with Crippen molar-refractivity contribution in [2.24, 2.45) is 16.3 Å². The number of nitrogens with one attached hydrogen (secondary N) is 2. The van der Waals surface area contributed by atoms with Crippen molar-refractivity contribution < 1.29 is 14.2 Å². The molecular weight excluding hydrogens is 531 g/mol. The first-order valence-electron chi connectivity index (χ1n) is 11.9. The van der Waals surface area contributed by atoms with Crippen LogP contribution in [0, 0.1) is 11.3 Å². The second-order valence-corrected chi connectivity index (χ2v) is 10.1. The predicted molar refractivity (Wildman–Crippen MR) is 145 cm³/mol. The number of hydrogen-bond donors (Lipinski definition) is 2. The molecular formula is C25H43IN4O3. The maximum absolute atomic E-state index is 6.13. The number of likely N-dealkylation sites (tertiary alicyclic amines) is 1. The van der Waals surface area contributed by atoms with Crippen LogP contribution in [0.25, 0.3) is 0 Å². The molecule has 0 amide bonds. The van der Waals surface area contributed by atoms with Gasteiger partial charge in [-0.05, 0) is 42.4 Å². The van der Waals surface area contributed by atoms with E-state index in [4.69, 9.17) is 14.2 Å². The van der Waals surface area contributed by atoms with Crippen molar-refractivity contribution in [1.29, 1.82) is 0 Å². The fourth-order valence-electron chi connectivity index (χ4n) is 4.94. The van der Waals surface area contributed by atoms with Gasteiger partial charge in [-0.2, -0.15) is 0 Å². The van der Waals surface area contributed by atoms with Crippen LogP contribution in [0.4, 0.5) is 0 Å². The van der Waals surface area contributed by atoms with Crippen molar-refractivity contribution >= 4 is 29.9 Å². The summed E-state index contributed by atoms with van der Waals surface area (Å²) in [6.45, 7) is 11.5. The highest BCUT2D eigenvalue weighted by Crippen LogP contribution is 2.33. The van der Waals surface area contributed by atoms with Crippen molar-refractivity contribution in [3.63, 3.8) is 0 Å². The quantitative estimate of drug-likeness (QED) is 0.293. The molecule has 0 aromatic heterocycles. The number of methoxy groups -OCH3 is 2. The molecule has 2 aliphatic heterocycles. The highest BCUT2D eigenvalue weighted by Gasteiger charge is 2.35. The minimum absolute atomic E-state index is 0. The van der Waals surface area contributed by atoms with E-state index in [9.17, 15) is 0 Å². The van der Waals surface area contributed by atoms with E-state index in [0.29, 0.717) is 12.0 Å². The Morgan fingerprint density at radius 2 is 1.85 bits per heavy atom. The Morgan fingerprint density at radius 1 is 1.15 bits per heavy atom. The van der Waals surface area contributed by atoms with Gasteiger partial charge in [-0.3, -0.25) is 9.89 Å². The van der Waals surface area contributed by atoms with Gasteiger partial charge in [0.25, 0.3) is 0 Å². The summed E-state index contributed by atoms with van der Waals surface area (Å²) in [6.07, 6.45) is 3.72. The van der Waals surface area contributed by atoms with E-state index < -0.39 is 0 Å². The Hall–Kier alpha value is -1.26. The smallest absolute Gasteiger partial charge is 0.191 e. The summed E-state index contributed by atoms with van der Waals surface area (Å²) in [5.41, 5.74) is 1.35. The Balaban J connectivity index is 0.00000385. The highest BCUT2D eigenvalue weighted by atomic mass is 127. The van der Waals surface area contributed by atoms with Crippen LogP contribution in [0.2, 0.25) is 0 Å². The van der Waals surface area contributed by atoms with Gasteiger partial charge in [0.1, 0.15) is 11.5 Å². The average Bonchev–Trinajstić information content (AvgIpc) is 3.22. The van der Waals surface area contributed by atoms with Crippen molar-refractivity contribution in [2.45, 2.75) is 58.7 Å². The van der Waals surface area contributed by atoms with E-state index in [1.54, 1.807) is 14.2 Å². The first kappa shape index (κ1) is 28.0. The first-order chi connectivity index (χ1) is 15.3. The molecule has 3 unspecified atom stereocenters. The monoisotopic (exact) mass is 574 g/mol. The van der Waals surface area contributed by atoms with Crippen LogP contribution in [0.15, 0.2) is 23.2 Å². The summed E-state index contributed by atoms with van der Waals surface area (Å²) in [7, 11) is 5.23. The molecule has 7 nitrogen and oxygen atoms in total. The lowest BCUT2D eigenvalue weighted by Gasteiger charge is -2.40. The minimum Gasteiger partial charge on any atom is -0.497 e. The summed E-state index contributed by atoms with van der Waals surface area (Å²) < 4.78 is 17.0. The number of aliphatic imine (C=N–C) groups is 1. The number of nitrogens with zero attached hydrogens (tertiary/aromatic N) is 2. The van der Waals surface area contributed by atoms with Gasteiger partial charge >= 0.3 is 0 Å². The van der Waals surface area contributed by atoms with E-state index in [1.165, 1.54) is 12.0 Å². The minimum atomic E-state index is 0. The third-order valence-corrected chi connectivity index (χ3v) is 6.48. The summed E-state index contributed by atoms with van der Waals surface area (Å²) in [5, 5.41) is 7.20. The lowest BCUT2D eigenvalue weighted by Crippen LogP contribution is -2.49. The molecule has 3 atom stereocenters. The number of hydrogen-bond acceptors (Lipinski definition) is 5. The summed E-state index contributed by atoms with van der Waals surface area (Å²) in [4.78, 5) is 6.94. The van der Waals surface area contributed by atoms with E-state index in [2.05, 4.69) is 53.4 Å². The standard InChI is InChI=1S/C25H42N4O3.HI/c1-25(2,3)23-19(8-7-11-32-23)15-27-24(26-4)28-20-9-10-29(17-20)16-18-12-21(30-5)14-22(13-18)31-6;/h12-14,19-20,23H,7-11,15-17H2,1-6H3,(H2,26,27,28);1H. The van der Waals surface area contributed by atoms with Crippen LogP contribution in [0.3, 0.4) is 0 Å². The zero-order chi connectivity index (χ0) is 23.1. The number of ether oxygens (including phenoxy) is 3. The third kappa shape index (κ3) is 8.17. The van der Waals surface area contributed by atoms with Gasteiger partial charge in [0.15, 0.2) is 5.96 Å². The van der Waals surface area contributed by atoms with Crippen LogP contribution in [-0.2, 0) is 11.3 Å². The van der Waals surface area contributed by atoms with Crippen LogP contribution in [0.5, 0.6) is 11.5 Å². The van der Waals surface area contributed by atoms with Gasteiger partial charge in [0, 0.05) is 57.9 Å². The molecule has 2 N–H and O–H groups in total. The van der Waals surface area contributed by atoms with Gasteiger partial charge in [0.2, 0.25) is 0 Å². The first-order valence-corrected chi connectivity index (χ1v) is 11.9. The molecule has 2 aliphatic rings. The Labute approximate surface area is 217 Å². The molecule has 188 valence electrons. The Morgan fingerprint density at radius 3 is 2.45 bits per heavy atom. The van der Waals surface area contributed by atoms with E-state index in [0.717, 1.165) is 63.1 Å². The van der Waals surface area contributed by atoms with Crippen LogP contribution >= 0.6 is 24.0 Å². The molecule has 8 heteroatoms. The molecule has 1 aromatic rings. The second kappa shape index (κ2) is 13.0. The fraction of sp³-hybridized carbons (Fsp3) is 0.720. The largest absolute Gasteiger partial charge is 0.497 e. The molecule has 3 rings (SSSR count). The Kier molecular flexibility index (Phi) is 11.0. The normalized spacial score (nSPS) is 24.2. The van der Waals surface area contributed by atoms with Crippen molar-refractivity contribution in [3.8, 4) is 11.5 Å². The number of benzene rings is 1. The molecule has 0 aliphatic carbocycles. The lowest BCUT2D eigenvalue weighted by molar-refractivity contribution is -0.0835. The van der Waals surface area contributed by atoms with Gasteiger partial charge < -0.3 is 24.8 Å². The number of rotatable bonds is 7. The van der Waals surface area contributed by atoms with Crippen LogP contribution < -0.4 is 20.1 Å². The molecule has 0 bridgehead atoms. The highest BCUT2D eigenvalue weighted by molar-refractivity contribution is 14.0. The maximum atomic E-state index is 6.13. The summed E-state index contributed by atoms with van der Waals surface area (Å²) >= 11 is 0. The zero-order valence-corrected chi connectivity index (χ0v) is 23.5. The number of guanidine groups is 1. The molecule has 2 saturated heterocycles. The van der Waals surface area contributed by atoms with Crippen molar-refractivity contribution in [3.05, 3.63) is 23.8 Å². The van der Waals surface area contributed by atoms with Crippen LogP contribution in [0.1, 0.15) is 45.6 Å². The van der Waals surface area contributed by atoms with E-state index in [-0.39, 0.29) is 35.5 Å². The van der Waals surface area contributed by atoms with E-state index in [1.807, 2.05) is 13.1 Å². The third-order valence-electron chi connectivity index (χ3n) is 6.48. The van der Waals surface area contributed by atoms with E-state index >= 15 is 0 Å². The molecule has 0 saturated carbocycles. The van der Waals surface area contributed by atoms with Gasteiger partial charge in [-0.1, -0.05) is 20.8 Å². The summed E-state index contributed by atoms with van der Waals surface area (Å²) in [5.74, 6) is 3.06. The molecule has 1 aromatic carbocycles. The summed E-state index contributed by atoms with van der Waals surface area (Å²) in [6, 6.07) is 6.47. The molecule has 2 heterocycles. The predicted octanol–water partition coefficient (Wildman–Crippen LogP) is 3.90. The van der Waals surface area contributed by atoms with Crippen molar-refractivity contribution in [1.82, 2.24) is 15.5 Å². The average molecular weight is 575 g/mol. The topological polar surface area (TPSA) is 67.4 Å². The lowest BCUT2D eigenvalue weighted by atomic mass is 9.78. The molecule has 0 spiro atoms.